The molecular weight excluding hydrogens is 350 g/mol. The van der Waals surface area contributed by atoms with E-state index in [1.54, 1.807) is 36.4 Å². The summed E-state index contributed by atoms with van der Waals surface area (Å²) in [5, 5.41) is 2.67. The van der Waals surface area contributed by atoms with E-state index >= 15 is 0 Å². The molecule has 3 aromatic rings. The van der Waals surface area contributed by atoms with Gasteiger partial charge in [0, 0.05) is 11.8 Å². The second-order valence-corrected chi connectivity index (χ2v) is 5.85. The fourth-order valence-corrected chi connectivity index (χ4v) is 2.55. The van der Waals surface area contributed by atoms with E-state index in [4.69, 9.17) is 14.2 Å². The Morgan fingerprint density at radius 2 is 1.89 bits per heavy atom. The van der Waals surface area contributed by atoms with Crippen LogP contribution in [0.4, 0.5) is 5.69 Å². The Labute approximate surface area is 154 Å². The third-order valence-electron chi connectivity index (χ3n) is 3.95. The van der Waals surface area contributed by atoms with Crippen molar-refractivity contribution in [3.05, 3.63) is 54.4 Å². The summed E-state index contributed by atoms with van der Waals surface area (Å²) >= 11 is 0. The van der Waals surface area contributed by atoms with Crippen LogP contribution in [0, 0.1) is 0 Å². The number of ether oxygens (including phenoxy) is 3. The van der Waals surface area contributed by atoms with Gasteiger partial charge in [-0.2, -0.15) is 0 Å². The summed E-state index contributed by atoms with van der Waals surface area (Å²) in [7, 11) is 0. The number of nitrogens with zero attached hydrogens (tertiary/aromatic N) is 2. The molecule has 1 unspecified atom stereocenters. The predicted octanol–water partition coefficient (Wildman–Crippen LogP) is 2.54. The normalized spacial score (nSPS) is 13.2. The Kier molecular flexibility index (Phi) is 4.29. The summed E-state index contributed by atoms with van der Waals surface area (Å²) in [4.78, 5) is 32.9. The maximum absolute atomic E-state index is 12.3. The van der Waals surface area contributed by atoms with Gasteiger partial charge in [-0.1, -0.05) is 12.1 Å². The molecule has 8 heteroatoms. The summed E-state index contributed by atoms with van der Waals surface area (Å²) in [6.07, 6.45) is 0.309. The molecule has 136 valence electrons. The van der Waals surface area contributed by atoms with Crippen molar-refractivity contribution in [2.24, 2.45) is 0 Å². The molecule has 0 spiro atoms. The van der Waals surface area contributed by atoms with E-state index in [9.17, 15) is 9.59 Å². The van der Waals surface area contributed by atoms with Gasteiger partial charge in [0.2, 0.25) is 6.79 Å². The number of fused-ring (bicyclic) bond motifs is 2. The number of rotatable bonds is 4. The third kappa shape index (κ3) is 3.50. The number of carbonyl (C=O) groups excluding carboxylic acids is 2. The first-order valence-corrected chi connectivity index (χ1v) is 8.23. The molecule has 1 amide bonds. The maximum Gasteiger partial charge on any atom is 0.359 e. The van der Waals surface area contributed by atoms with E-state index in [2.05, 4.69) is 15.3 Å². The molecule has 0 fully saturated rings. The van der Waals surface area contributed by atoms with Crippen LogP contribution in [-0.2, 0) is 9.53 Å². The van der Waals surface area contributed by atoms with Crippen molar-refractivity contribution in [1.82, 2.24) is 9.97 Å². The number of anilines is 1. The van der Waals surface area contributed by atoms with Crippen LogP contribution in [0.15, 0.2) is 48.7 Å². The minimum atomic E-state index is -1.02. The van der Waals surface area contributed by atoms with Crippen molar-refractivity contribution >= 4 is 28.6 Å². The number of benzene rings is 2. The van der Waals surface area contributed by atoms with Gasteiger partial charge in [-0.15, -0.1) is 0 Å². The molecule has 2 heterocycles. The lowest BCUT2D eigenvalue weighted by molar-refractivity contribution is -0.123. The highest BCUT2D eigenvalue weighted by Gasteiger charge is 2.21. The van der Waals surface area contributed by atoms with E-state index in [1.165, 1.54) is 13.1 Å². The zero-order valence-corrected chi connectivity index (χ0v) is 14.3. The van der Waals surface area contributed by atoms with Crippen molar-refractivity contribution in [2.45, 2.75) is 13.0 Å². The van der Waals surface area contributed by atoms with E-state index < -0.39 is 18.0 Å². The lowest BCUT2D eigenvalue weighted by Crippen LogP contribution is -2.30. The van der Waals surface area contributed by atoms with E-state index in [0.29, 0.717) is 28.2 Å². The van der Waals surface area contributed by atoms with Crippen LogP contribution in [0.3, 0.4) is 0 Å². The second-order valence-electron chi connectivity index (χ2n) is 5.85. The van der Waals surface area contributed by atoms with Gasteiger partial charge in [-0.25, -0.2) is 9.78 Å². The standard InChI is InChI=1S/C19H15N3O5/c1-11(18(23)21-12-6-7-16-17(8-12)26-10-25-16)27-19(24)15-9-20-13-4-2-3-5-14(13)22-15/h2-9,11H,10H2,1H3,(H,21,23). The van der Waals surface area contributed by atoms with Crippen LogP contribution in [0.25, 0.3) is 11.0 Å². The van der Waals surface area contributed by atoms with Crippen LogP contribution < -0.4 is 14.8 Å². The van der Waals surface area contributed by atoms with Crippen LogP contribution >= 0.6 is 0 Å². The summed E-state index contributed by atoms with van der Waals surface area (Å²) in [5.41, 5.74) is 1.79. The molecule has 0 aliphatic carbocycles. The molecule has 1 N–H and O–H groups in total. The van der Waals surface area contributed by atoms with Crippen LogP contribution in [0.1, 0.15) is 17.4 Å². The molecule has 8 nitrogen and oxygen atoms in total. The Morgan fingerprint density at radius 3 is 2.74 bits per heavy atom. The zero-order chi connectivity index (χ0) is 18.8. The lowest BCUT2D eigenvalue weighted by Gasteiger charge is -2.13. The highest BCUT2D eigenvalue weighted by atomic mass is 16.7. The zero-order valence-electron chi connectivity index (χ0n) is 14.3. The van der Waals surface area contributed by atoms with Crippen molar-refractivity contribution in [1.29, 1.82) is 0 Å². The van der Waals surface area contributed by atoms with Crippen molar-refractivity contribution in [3.8, 4) is 11.5 Å². The number of carbonyl (C=O) groups is 2. The molecule has 0 radical (unpaired) electrons. The first kappa shape index (κ1) is 16.8. The number of amides is 1. The summed E-state index contributed by atoms with van der Waals surface area (Å²) in [5.74, 6) is -0.0382. The van der Waals surface area contributed by atoms with Gasteiger partial charge in [0.1, 0.15) is 0 Å². The van der Waals surface area contributed by atoms with Gasteiger partial charge in [0.05, 0.1) is 17.2 Å². The number of para-hydroxylation sites is 2. The van der Waals surface area contributed by atoms with E-state index in [1.807, 2.05) is 6.07 Å². The largest absolute Gasteiger partial charge is 0.454 e. The molecule has 2 aromatic carbocycles. The van der Waals surface area contributed by atoms with Gasteiger partial charge in [-0.05, 0) is 31.2 Å². The van der Waals surface area contributed by atoms with Gasteiger partial charge in [0.15, 0.2) is 23.3 Å². The molecular formula is C19H15N3O5. The molecule has 0 bridgehead atoms. The number of esters is 1. The van der Waals surface area contributed by atoms with Crippen LogP contribution in [0.5, 0.6) is 11.5 Å². The predicted molar refractivity (Wildman–Crippen MR) is 95.6 cm³/mol. The topological polar surface area (TPSA) is 99.6 Å². The first-order chi connectivity index (χ1) is 13.1. The Hall–Kier alpha value is -3.68. The molecule has 1 aromatic heterocycles. The molecule has 27 heavy (non-hydrogen) atoms. The minimum Gasteiger partial charge on any atom is -0.454 e. The molecule has 0 saturated carbocycles. The summed E-state index contributed by atoms with van der Waals surface area (Å²) in [6.45, 7) is 1.63. The quantitative estimate of drug-likeness (QED) is 0.709. The number of hydrogen-bond acceptors (Lipinski definition) is 7. The van der Waals surface area contributed by atoms with Crippen LogP contribution in [-0.4, -0.2) is 34.7 Å². The molecule has 0 saturated heterocycles. The Bertz CT molecular complexity index is 1040. The SMILES string of the molecule is CC(OC(=O)c1cnc2ccccc2n1)C(=O)Nc1ccc2c(c1)OCO2. The number of aromatic nitrogens is 2. The van der Waals surface area contributed by atoms with Gasteiger partial charge in [-0.3, -0.25) is 9.78 Å². The molecule has 1 atom stereocenters. The molecule has 4 rings (SSSR count). The average Bonchev–Trinajstić information content (AvgIpc) is 3.15. The monoisotopic (exact) mass is 365 g/mol. The minimum absolute atomic E-state index is 0.0384. The lowest BCUT2D eigenvalue weighted by atomic mass is 10.2. The highest BCUT2D eigenvalue weighted by Crippen LogP contribution is 2.34. The Balaban J connectivity index is 1.42. The molecule has 1 aliphatic heterocycles. The fourth-order valence-electron chi connectivity index (χ4n) is 2.55. The van der Waals surface area contributed by atoms with Crippen molar-refractivity contribution in [3.63, 3.8) is 0 Å². The number of nitrogens with one attached hydrogen (secondary N) is 1. The molecule has 1 aliphatic rings. The number of hydrogen-bond donors (Lipinski definition) is 1. The van der Waals surface area contributed by atoms with Crippen molar-refractivity contribution < 1.29 is 23.8 Å². The van der Waals surface area contributed by atoms with Gasteiger partial charge in [0.25, 0.3) is 5.91 Å². The second kappa shape index (κ2) is 6.91. The van der Waals surface area contributed by atoms with Crippen molar-refractivity contribution in [2.75, 3.05) is 12.1 Å². The van der Waals surface area contributed by atoms with Gasteiger partial charge < -0.3 is 19.5 Å². The summed E-state index contributed by atoms with van der Waals surface area (Å²) in [6, 6.07) is 12.2. The highest BCUT2D eigenvalue weighted by molar-refractivity contribution is 5.97. The third-order valence-corrected chi connectivity index (χ3v) is 3.95. The Morgan fingerprint density at radius 1 is 1.11 bits per heavy atom. The van der Waals surface area contributed by atoms with Gasteiger partial charge >= 0.3 is 5.97 Å². The van der Waals surface area contributed by atoms with E-state index in [-0.39, 0.29) is 12.5 Å². The first-order valence-electron chi connectivity index (χ1n) is 8.23. The smallest absolute Gasteiger partial charge is 0.359 e. The maximum atomic E-state index is 12.3. The van der Waals surface area contributed by atoms with Crippen LogP contribution in [0.2, 0.25) is 0 Å². The average molecular weight is 365 g/mol. The summed E-state index contributed by atoms with van der Waals surface area (Å²) < 4.78 is 15.7. The van der Waals surface area contributed by atoms with E-state index in [0.717, 1.165) is 0 Å². The fraction of sp³-hybridized carbons (Fsp3) is 0.158.